The van der Waals surface area contributed by atoms with Crippen LogP contribution in [0.25, 0.3) is 0 Å². The predicted molar refractivity (Wildman–Crippen MR) is 52.8 cm³/mol. The molecule has 1 N–H and O–H groups in total. The molecule has 0 aliphatic carbocycles. The lowest BCUT2D eigenvalue weighted by atomic mass is 10.0. The van der Waals surface area contributed by atoms with E-state index in [0.29, 0.717) is 5.75 Å². The van der Waals surface area contributed by atoms with Crippen LogP contribution in [0.4, 0.5) is 5.69 Å². The largest absolute Gasteiger partial charge is 0.507 e. The summed E-state index contributed by atoms with van der Waals surface area (Å²) in [6, 6.07) is 1.84. The van der Waals surface area contributed by atoms with Crippen LogP contribution in [0.3, 0.4) is 0 Å². The summed E-state index contributed by atoms with van der Waals surface area (Å²) in [6.07, 6.45) is 0. The van der Waals surface area contributed by atoms with Crippen molar-refractivity contribution in [1.29, 1.82) is 0 Å². The maximum Gasteiger partial charge on any atom is 0.121 e. The Morgan fingerprint density at radius 1 is 1.15 bits per heavy atom. The number of phenolic OH excluding ortho intramolecular Hbond substituents is 1. The molecule has 0 aliphatic heterocycles. The second-order valence-electron chi connectivity index (χ2n) is 3.11. The standard InChI is InChI=1S/C10H14N2O/c1-6-5-9(12-11-4)7(2)8(3)10(6)13/h5,13H,1-4H3. The summed E-state index contributed by atoms with van der Waals surface area (Å²) in [4.78, 5) is 0. The van der Waals surface area contributed by atoms with Crippen molar-refractivity contribution < 1.29 is 5.11 Å². The first-order chi connectivity index (χ1) is 6.07. The van der Waals surface area contributed by atoms with Crippen LogP contribution in [0.5, 0.6) is 5.75 Å². The molecule has 3 nitrogen and oxygen atoms in total. The summed E-state index contributed by atoms with van der Waals surface area (Å²) in [6.45, 7) is 5.67. The fraction of sp³-hybridized carbons (Fsp3) is 0.400. The van der Waals surface area contributed by atoms with Gasteiger partial charge in [0.1, 0.15) is 5.75 Å². The molecule has 0 unspecified atom stereocenters. The van der Waals surface area contributed by atoms with Crippen LogP contribution in [0.2, 0.25) is 0 Å². The first kappa shape index (κ1) is 9.71. The summed E-state index contributed by atoms with van der Waals surface area (Å²) in [5.41, 5.74) is 3.52. The van der Waals surface area contributed by atoms with Gasteiger partial charge in [0.2, 0.25) is 0 Å². The zero-order valence-corrected chi connectivity index (χ0v) is 8.42. The fourth-order valence-electron chi connectivity index (χ4n) is 1.26. The number of aryl methyl sites for hydroxylation is 1. The number of aromatic hydroxyl groups is 1. The first-order valence-electron chi connectivity index (χ1n) is 4.17. The normalized spacial score (nSPS) is 11.1. The lowest BCUT2D eigenvalue weighted by molar-refractivity contribution is 0.466. The molecular formula is C10H14N2O. The molecule has 0 radical (unpaired) electrons. The monoisotopic (exact) mass is 178 g/mol. The second kappa shape index (κ2) is 3.56. The molecular weight excluding hydrogens is 164 g/mol. The fourth-order valence-corrected chi connectivity index (χ4v) is 1.26. The molecule has 0 heterocycles. The lowest BCUT2D eigenvalue weighted by Crippen LogP contribution is -1.86. The van der Waals surface area contributed by atoms with E-state index in [1.54, 1.807) is 7.05 Å². The van der Waals surface area contributed by atoms with Crippen molar-refractivity contribution in [1.82, 2.24) is 0 Å². The Kier molecular flexibility index (Phi) is 2.66. The van der Waals surface area contributed by atoms with E-state index >= 15 is 0 Å². The third kappa shape index (κ3) is 1.69. The number of hydrogen-bond donors (Lipinski definition) is 1. The number of benzene rings is 1. The topological polar surface area (TPSA) is 45.0 Å². The molecule has 13 heavy (non-hydrogen) atoms. The van der Waals surface area contributed by atoms with E-state index in [1.165, 1.54) is 0 Å². The minimum Gasteiger partial charge on any atom is -0.507 e. The van der Waals surface area contributed by atoms with Gasteiger partial charge in [-0.2, -0.15) is 10.2 Å². The third-order valence-corrected chi connectivity index (χ3v) is 2.24. The molecule has 1 aromatic rings. The van der Waals surface area contributed by atoms with E-state index in [2.05, 4.69) is 10.2 Å². The Morgan fingerprint density at radius 3 is 2.31 bits per heavy atom. The van der Waals surface area contributed by atoms with Gasteiger partial charge >= 0.3 is 0 Å². The van der Waals surface area contributed by atoms with E-state index in [9.17, 15) is 5.11 Å². The summed E-state index contributed by atoms with van der Waals surface area (Å²) < 4.78 is 0. The Hall–Kier alpha value is -1.38. The van der Waals surface area contributed by atoms with Crippen molar-refractivity contribution >= 4 is 5.69 Å². The van der Waals surface area contributed by atoms with Crippen LogP contribution >= 0.6 is 0 Å². The highest BCUT2D eigenvalue weighted by Crippen LogP contribution is 2.32. The van der Waals surface area contributed by atoms with Gasteiger partial charge in [0, 0.05) is 7.05 Å². The van der Waals surface area contributed by atoms with Gasteiger partial charge < -0.3 is 5.11 Å². The Bertz CT molecular complexity index is 356. The highest BCUT2D eigenvalue weighted by Gasteiger charge is 2.07. The molecule has 1 aromatic carbocycles. The molecule has 0 aliphatic rings. The molecule has 70 valence electrons. The van der Waals surface area contributed by atoms with E-state index in [4.69, 9.17) is 0 Å². The third-order valence-electron chi connectivity index (χ3n) is 2.24. The average Bonchev–Trinajstić information content (AvgIpc) is 2.11. The van der Waals surface area contributed by atoms with E-state index in [-0.39, 0.29) is 0 Å². The van der Waals surface area contributed by atoms with Crippen molar-refractivity contribution in [3.63, 3.8) is 0 Å². The van der Waals surface area contributed by atoms with Crippen LogP contribution in [-0.4, -0.2) is 12.2 Å². The summed E-state index contributed by atoms with van der Waals surface area (Å²) in [5.74, 6) is 0.354. The van der Waals surface area contributed by atoms with Gasteiger partial charge in [0.25, 0.3) is 0 Å². The van der Waals surface area contributed by atoms with Crippen LogP contribution in [0.15, 0.2) is 16.3 Å². The van der Waals surface area contributed by atoms with E-state index in [1.807, 2.05) is 26.8 Å². The maximum atomic E-state index is 9.61. The van der Waals surface area contributed by atoms with Crippen molar-refractivity contribution in [3.05, 3.63) is 22.8 Å². The molecule has 0 aromatic heterocycles. The molecule has 0 fully saturated rings. The Labute approximate surface area is 78.1 Å². The van der Waals surface area contributed by atoms with Gasteiger partial charge in [0.15, 0.2) is 0 Å². The molecule has 3 heteroatoms. The van der Waals surface area contributed by atoms with Crippen LogP contribution < -0.4 is 0 Å². The van der Waals surface area contributed by atoms with Crippen molar-refractivity contribution in [3.8, 4) is 5.75 Å². The number of azo groups is 1. The first-order valence-corrected chi connectivity index (χ1v) is 4.17. The molecule has 0 atom stereocenters. The van der Waals surface area contributed by atoms with Gasteiger partial charge in [-0.25, -0.2) is 0 Å². The van der Waals surface area contributed by atoms with Crippen molar-refractivity contribution in [2.45, 2.75) is 20.8 Å². The van der Waals surface area contributed by atoms with Gasteiger partial charge in [0.05, 0.1) is 5.69 Å². The van der Waals surface area contributed by atoms with E-state index in [0.717, 1.165) is 22.4 Å². The molecule has 0 saturated heterocycles. The maximum absolute atomic E-state index is 9.61. The van der Waals surface area contributed by atoms with Crippen molar-refractivity contribution in [2.24, 2.45) is 10.2 Å². The van der Waals surface area contributed by atoms with Crippen molar-refractivity contribution in [2.75, 3.05) is 7.05 Å². The summed E-state index contributed by atoms with van der Waals surface area (Å²) in [7, 11) is 1.64. The predicted octanol–water partition coefficient (Wildman–Crippen LogP) is 3.03. The zero-order valence-electron chi connectivity index (χ0n) is 8.42. The molecule has 0 spiro atoms. The smallest absolute Gasteiger partial charge is 0.121 e. The molecule has 0 saturated carbocycles. The Morgan fingerprint density at radius 2 is 1.77 bits per heavy atom. The van der Waals surface area contributed by atoms with Gasteiger partial charge in [-0.05, 0) is 43.5 Å². The molecule has 1 rings (SSSR count). The minimum atomic E-state index is 0.354. The minimum absolute atomic E-state index is 0.354. The highest BCUT2D eigenvalue weighted by molar-refractivity contribution is 5.57. The molecule has 0 amide bonds. The summed E-state index contributed by atoms with van der Waals surface area (Å²) in [5, 5.41) is 17.3. The average molecular weight is 178 g/mol. The number of rotatable bonds is 1. The second-order valence-corrected chi connectivity index (χ2v) is 3.11. The van der Waals surface area contributed by atoms with Gasteiger partial charge in [-0.1, -0.05) is 0 Å². The zero-order chi connectivity index (χ0) is 10.0. The number of hydrogen-bond acceptors (Lipinski definition) is 3. The number of nitrogens with zero attached hydrogens (tertiary/aromatic N) is 2. The number of phenols is 1. The lowest BCUT2D eigenvalue weighted by Gasteiger charge is -2.08. The Balaban J connectivity index is 3.40. The quantitative estimate of drug-likeness (QED) is 0.660. The SMILES string of the molecule is CN=Nc1cc(C)c(O)c(C)c1C. The molecule has 0 bridgehead atoms. The van der Waals surface area contributed by atoms with Gasteiger partial charge in [-0.3, -0.25) is 0 Å². The van der Waals surface area contributed by atoms with E-state index < -0.39 is 0 Å². The van der Waals surface area contributed by atoms with Crippen LogP contribution in [-0.2, 0) is 0 Å². The van der Waals surface area contributed by atoms with Gasteiger partial charge in [-0.15, -0.1) is 0 Å². The summed E-state index contributed by atoms with van der Waals surface area (Å²) >= 11 is 0. The highest BCUT2D eigenvalue weighted by atomic mass is 16.3. The van der Waals surface area contributed by atoms with Crippen LogP contribution in [0, 0.1) is 20.8 Å². The van der Waals surface area contributed by atoms with Crippen LogP contribution in [0.1, 0.15) is 16.7 Å².